The number of halogens is 2. The van der Waals surface area contributed by atoms with E-state index in [-0.39, 0.29) is 5.02 Å². The normalized spacial score (nSPS) is 14.6. The Kier molecular flexibility index (Phi) is 5.41. The lowest BCUT2D eigenvalue weighted by Crippen LogP contribution is -2.27. The van der Waals surface area contributed by atoms with E-state index in [1.54, 1.807) is 19.1 Å². The summed E-state index contributed by atoms with van der Waals surface area (Å²) in [5.74, 6) is -0.412. The van der Waals surface area contributed by atoms with Crippen LogP contribution in [0.1, 0.15) is 45.1 Å². The Labute approximate surface area is 108 Å². The van der Waals surface area contributed by atoms with Gasteiger partial charge in [0.2, 0.25) is 0 Å². The van der Waals surface area contributed by atoms with E-state index in [2.05, 4.69) is 6.92 Å². The third kappa shape index (κ3) is 4.64. The summed E-state index contributed by atoms with van der Waals surface area (Å²) in [6.45, 7) is 3.87. The molecule has 1 unspecified atom stereocenters. The lowest BCUT2D eigenvalue weighted by atomic mass is 9.91. The van der Waals surface area contributed by atoms with Gasteiger partial charge >= 0.3 is 0 Å². The molecule has 0 saturated carbocycles. The third-order valence-electron chi connectivity index (χ3n) is 2.92. The number of hydrogen-bond acceptors (Lipinski definition) is 1. The average Bonchev–Trinajstić information content (AvgIpc) is 2.25. The first kappa shape index (κ1) is 14.5. The minimum atomic E-state index is -0.860. The van der Waals surface area contributed by atoms with Crippen molar-refractivity contribution in [2.45, 2.75) is 51.6 Å². The molecule has 1 rings (SSSR count). The molecule has 0 spiro atoms. The van der Waals surface area contributed by atoms with Gasteiger partial charge in [-0.2, -0.15) is 0 Å². The SMILES string of the molecule is CCCCCC(C)(O)Cc1cccc(Cl)c1F. The van der Waals surface area contributed by atoms with Crippen molar-refractivity contribution in [1.82, 2.24) is 0 Å². The highest BCUT2D eigenvalue weighted by molar-refractivity contribution is 6.30. The quantitative estimate of drug-likeness (QED) is 0.752. The van der Waals surface area contributed by atoms with E-state index in [9.17, 15) is 9.50 Å². The van der Waals surface area contributed by atoms with Gasteiger partial charge in [0.15, 0.2) is 0 Å². The third-order valence-corrected chi connectivity index (χ3v) is 3.21. The smallest absolute Gasteiger partial charge is 0.145 e. The minimum Gasteiger partial charge on any atom is -0.390 e. The maximum Gasteiger partial charge on any atom is 0.145 e. The second kappa shape index (κ2) is 6.36. The number of hydrogen-bond donors (Lipinski definition) is 1. The van der Waals surface area contributed by atoms with Crippen LogP contribution in [0.15, 0.2) is 18.2 Å². The monoisotopic (exact) mass is 258 g/mol. The molecule has 0 amide bonds. The second-order valence-corrected chi connectivity index (χ2v) is 5.25. The molecule has 0 aliphatic carbocycles. The summed E-state index contributed by atoms with van der Waals surface area (Å²) < 4.78 is 13.7. The minimum absolute atomic E-state index is 0.117. The van der Waals surface area contributed by atoms with E-state index in [1.807, 2.05) is 0 Å². The molecule has 3 heteroatoms. The highest BCUT2D eigenvalue weighted by Gasteiger charge is 2.22. The van der Waals surface area contributed by atoms with Crippen LogP contribution < -0.4 is 0 Å². The van der Waals surface area contributed by atoms with E-state index in [4.69, 9.17) is 11.6 Å². The largest absolute Gasteiger partial charge is 0.390 e. The molecule has 1 nitrogen and oxygen atoms in total. The lowest BCUT2D eigenvalue weighted by Gasteiger charge is -2.23. The van der Waals surface area contributed by atoms with E-state index in [1.165, 1.54) is 6.07 Å². The van der Waals surface area contributed by atoms with Crippen LogP contribution in [0.3, 0.4) is 0 Å². The highest BCUT2D eigenvalue weighted by Crippen LogP contribution is 2.25. The predicted molar refractivity (Wildman–Crippen MR) is 69.9 cm³/mol. The van der Waals surface area contributed by atoms with Crippen molar-refractivity contribution in [3.63, 3.8) is 0 Å². The van der Waals surface area contributed by atoms with Crippen molar-refractivity contribution in [1.29, 1.82) is 0 Å². The zero-order chi connectivity index (χ0) is 12.9. The number of unbranched alkanes of at least 4 members (excludes halogenated alkanes) is 2. The Bertz CT molecular complexity index is 363. The molecule has 1 aromatic carbocycles. The molecule has 0 bridgehead atoms. The fourth-order valence-corrected chi connectivity index (χ4v) is 2.13. The Balaban J connectivity index is 2.65. The first-order chi connectivity index (χ1) is 7.96. The Hall–Kier alpha value is -0.600. The van der Waals surface area contributed by atoms with Gasteiger partial charge in [0, 0.05) is 6.42 Å². The molecule has 0 heterocycles. The zero-order valence-corrected chi connectivity index (χ0v) is 11.2. The Morgan fingerprint density at radius 1 is 1.35 bits per heavy atom. The van der Waals surface area contributed by atoms with Crippen molar-refractivity contribution in [3.05, 3.63) is 34.6 Å². The molecule has 96 valence electrons. The Morgan fingerprint density at radius 3 is 2.71 bits per heavy atom. The standard InChI is InChI=1S/C14H20ClFO/c1-3-4-5-9-14(2,17)10-11-7-6-8-12(15)13(11)16/h6-8,17H,3-5,9-10H2,1-2H3. The summed E-state index contributed by atoms with van der Waals surface area (Å²) in [6, 6.07) is 4.91. The van der Waals surface area contributed by atoms with Gasteiger partial charge in [-0.25, -0.2) is 4.39 Å². The second-order valence-electron chi connectivity index (χ2n) is 4.84. The molecule has 1 atom stereocenters. The summed E-state index contributed by atoms with van der Waals surface area (Å²) in [4.78, 5) is 0. The topological polar surface area (TPSA) is 20.2 Å². The van der Waals surface area contributed by atoms with Crippen molar-refractivity contribution < 1.29 is 9.50 Å². The molecular formula is C14H20ClFO. The van der Waals surface area contributed by atoms with Crippen LogP contribution in [0.2, 0.25) is 5.02 Å². The molecule has 1 aromatic rings. The van der Waals surface area contributed by atoms with Gasteiger partial charge < -0.3 is 5.11 Å². The van der Waals surface area contributed by atoms with E-state index < -0.39 is 11.4 Å². The van der Waals surface area contributed by atoms with Crippen LogP contribution in [0.25, 0.3) is 0 Å². The van der Waals surface area contributed by atoms with Crippen LogP contribution in [-0.4, -0.2) is 10.7 Å². The van der Waals surface area contributed by atoms with Gasteiger partial charge in [-0.3, -0.25) is 0 Å². The van der Waals surface area contributed by atoms with Crippen molar-refractivity contribution in [2.75, 3.05) is 0 Å². The van der Waals surface area contributed by atoms with Gasteiger partial charge in [0.1, 0.15) is 5.82 Å². The van der Waals surface area contributed by atoms with E-state index >= 15 is 0 Å². The number of rotatable bonds is 6. The average molecular weight is 259 g/mol. The van der Waals surface area contributed by atoms with Gasteiger partial charge in [0.05, 0.1) is 10.6 Å². The molecule has 0 aliphatic heterocycles. The molecule has 0 aliphatic rings. The number of benzene rings is 1. The van der Waals surface area contributed by atoms with Crippen LogP contribution in [0.5, 0.6) is 0 Å². The van der Waals surface area contributed by atoms with Crippen molar-refractivity contribution in [3.8, 4) is 0 Å². The summed E-state index contributed by atoms with van der Waals surface area (Å²) in [5, 5.41) is 10.3. The first-order valence-corrected chi connectivity index (χ1v) is 6.49. The van der Waals surface area contributed by atoms with Crippen LogP contribution in [-0.2, 0) is 6.42 Å². The summed E-state index contributed by atoms with van der Waals surface area (Å²) >= 11 is 5.71. The van der Waals surface area contributed by atoms with Gasteiger partial charge in [0.25, 0.3) is 0 Å². The summed E-state index contributed by atoms with van der Waals surface area (Å²) in [7, 11) is 0. The van der Waals surface area contributed by atoms with Crippen LogP contribution in [0, 0.1) is 5.82 Å². The maximum atomic E-state index is 13.7. The summed E-state index contributed by atoms with van der Waals surface area (Å²) in [5.41, 5.74) is -0.375. The fourth-order valence-electron chi connectivity index (χ4n) is 1.94. The molecule has 0 radical (unpaired) electrons. The molecule has 0 aromatic heterocycles. The molecule has 17 heavy (non-hydrogen) atoms. The first-order valence-electron chi connectivity index (χ1n) is 6.11. The van der Waals surface area contributed by atoms with Gasteiger partial charge in [-0.05, 0) is 25.0 Å². The van der Waals surface area contributed by atoms with Crippen LogP contribution >= 0.6 is 11.6 Å². The molecule has 1 N–H and O–H groups in total. The van der Waals surface area contributed by atoms with Gasteiger partial charge in [-0.15, -0.1) is 0 Å². The van der Waals surface area contributed by atoms with Crippen molar-refractivity contribution in [2.24, 2.45) is 0 Å². The lowest BCUT2D eigenvalue weighted by molar-refractivity contribution is 0.0477. The van der Waals surface area contributed by atoms with Crippen molar-refractivity contribution >= 4 is 11.6 Å². The maximum absolute atomic E-state index is 13.7. The van der Waals surface area contributed by atoms with E-state index in [0.29, 0.717) is 18.4 Å². The zero-order valence-electron chi connectivity index (χ0n) is 10.5. The molecule has 0 saturated heterocycles. The van der Waals surface area contributed by atoms with E-state index in [0.717, 1.165) is 19.3 Å². The summed E-state index contributed by atoms with van der Waals surface area (Å²) in [6.07, 6.45) is 4.16. The number of aliphatic hydroxyl groups is 1. The predicted octanol–water partition coefficient (Wildman–Crippen LogP) is 4.35. The molecular weight excluding hydrogens is 239 g/mol. The van der Waals surface area contributed by atoms with Gasteiger partial charge in [-0.1, -0.05) is 49.9 Å². The molecule has 0 fully saturated rings. The fraction of sp³-hybridized carbons (Fsp3) is 0.571. The van der Waals surface area contributed by atoms with Crippen LogP contribution in [0.4, 0.5) is 4.39 Å². The Morgan fingerprint density at radius 2 is 2.06 bits per heavy atom. The highest BCUT2D eigenvalue weighted by atomic mass is 35.5.